The van der Waals surface area contributed by atoms with Gasteiger partial charge >= 0.3 is 5.97 Å². The first-order valence-electron chi connectivity index (χ1n) is 5.94. The van der Waals surface area contributed by atoms with Crippen LogP contribution in [0.3, 0.4) is 0 Å². The van der Waals surface area contributed by atoms with Crippen LogP contribution in [-0.2, 0) is 0 Å². The summed E-state index contributed by atoms with van der Waals surface area (Å²) in [5.74, 6) is -1.25. The van der Waals surface area contributed by atoms with Gasteiger partial charge in [-0.2, -0.15) is 0 Å². The van der Waals surface area contributed by atoms with E-state index in [2.05, 4.69) is 22.6 Å². The Morgan fingerprint density at radius 3 is 2.35 bits per heavy atom. The van der Waals surface area contributed by atoms with Crippen molar-refractivity contribution in [3.8, 4) is 16.9 Å². The molecule has 20 heavy (non-hydrogen) atoms. The summed E-state index contributed by atoms with van der Waals surface area (Å²) in [6.45, 7) is 0.641. The molecule has 0 saturated carbocycles. The number of benzene rings is 2. The van der Waals surface area contributed by atoms with E-state index in [0.29, 0.717) is 12.2 Å². The van der Waals surface area contributed by atoms with E-state index in [1.807, 2.05) is 24.3 Å². The van der Waals surface area contributed by atoms with Gasteiger partial charge in [0.15, 0.2) is 0 Å². The Labute approximate surface area is 129 Å². The predicted molar refractivity (Wildman–Crippen MR) is 83.2 cm³/mol. The van der Waals surface area contributed by atoms with Crippen molar-refractivity contribution in [1.29, 1.82) is 0 Å². The highest BCUT2D eigenvalue weighted by molar-refractivity contribution is 14.1. The molecule has 0 atom stereocenters. The van der Waals surface area contributed by atoms with Crippen LogP contribution in [0.4, 0.5) is 4.39 Å². The number of aromatic carboxylic acids is 1. The molecular formula is C15H12FIO3. The second-order valence-corrected chi connectivity index (χ2v) is 5.14. The molecule has 0 saturated heterocycles. The highest BCUT2D eigenvalue weighted by Crippen LogP contribution is 2.24. The Morgan fingerprint density at radius 1 is 1.15 bits per heavy atom. The van der Waals surface area contributed by atoms with Crippen molar-refractivity contribution in [3.63, 3.8) is 0 Å². The van der Waals surface area contributed by atoms with Gasteiger partial charge in [0.05, 0.1) is 12.2 Å². The first-order valence-corrected chi connectivity index (χ1v) is 7.46. The Balaban J connectivity index is 2.23. The largest absolute Gasteiger partial charge is 0.493 e. The van der Waals surface area contributed by atoms with Gasteiger partial charge in [-0.3, -0.25) is 0 Å². The van der Waals surface area contributed by atoms with Crippen LogP contribution in [0.15, 0.2) is 42.5 Å². The minimum atomic E-state index is -1.27. The number of carboxylic acids is 1. The lowest BCUT2D eigenvalue weighted by molar-refractivity contribution is 0.0692. The number of hydrogen-bond donors (Lipinski definition) is 1. The lowest BCUT2D eigenvalue weighted by atomic mass is 10.0. The van der Waals surface area contributed by atoms with E-state index in [4.69, 9.17) is 9.84 Å². The van der Waals surface area contributed by atoms with Crippen molar-refractivity contribution < 1.29 is 19.0 Å². The summed E-state index contributed by atoms with van der Waals surface area (Å²) in [5, 5.41) is 8.79. The van der Waals surface area contributed by atoms with Crippen molar-refractivity contribution in [2.45, 2.75) is 0 Å². The van der Waals surface area contributed by atoms with Crippen LogP contribution in [0.2, 0.25) is 0 Å². The van der Waals surface area contributed by atoms with Crippen LogP contribution < -0.4 is 4.74 Å². The lowest BCUT2D eigenvalue weighted by Gasteiger charge is -2.07. The summed E-state index contributed by atoms with van der Waals surface area (Å²) < 4.78 is 20.0. The molecule has 0 fully saturated rings. The third kappa shape index (κ3) is 3.47. The average Bonchev–Trinajstić information content (AvgIpc) is 2.45. The quantitative estimate of drug-likeness (QED) is 0.624. The number of carboxylic acid groups (broad SMARTS) is 1. The van der Waals surface area contributed by atoms with Gasteiger partial charge in [0.25, 0.3) is 0 Å². The molecule has 0 unspecified atom stereocenters. The molecule has 3 nitrogen and oxygen atoms in total. The Bertz CT molecular complexity index is 611. The maximum absolute atomic E-state index is 13.6. The fourth-order valence-corrected chi connectivity index (χ4v) is 1.99. The molecule has 104 valence electrons. The predicted octanol–water partition coefficient (Wildman–Crippen LogP) is 4.00. The minimum Gasteiger partial charge on any atom is -0.493 e. The molecule has 0 radical (unpaired) electrons. The van der Waals surface area contributed by atoms with Crippen molar-refractivity contribution in [3.05, 3.63) is 53.8 Å². The van der Waals surface area contributed by atoms with Crippen LogP contribution in [0.5, 0.6) is 5.75 Å². The summed E-state index contributed by atoms with van der Waals surface area (Å²) >= 11 is 2.23. The van der Waals surface area contributed by atoms with Crippen molar-refractivity contribution in [1.82, 2.24) is 0 Å². The molecule has 5 heteroatoms. The van der Waals surface area contributed by atoms with Gasteiger partial charge < -0.3 is 9.84 Å². The highest BCUT2D eigenvalue weighted by atomic mass is 127. The number of alkyl halides is 1. The molecule has 0 aromatic heterocycles. The van der Waals surface area contributed by atoms with E-state index in [9.17, 15) is 9.18 Å². The van der Waals surface area contributed by atoms with Crippen molar-refractivity contribution in [2.75, 3.05) is 11.0 Å². The molecular weight excluding hydrogens is 374 g/mol. The van der Waals surface area contributed by atoms with Gasteiger partial charge in [-0.1, -0.05) is 40.8 Å². The van der Waals surface area contributed by atoms with Crippen LogP contribution in [0.1, 0.15) is 10.4 Å². The molecule has 0 amide bonds. The zero-order chi connectivity index (χ0) is 14.5. The summed E-state index contributed by atoms with van der Waals surface area (Å²) in [6.07, 6.45) is 0. The monoisotopic (exact) mass is 386 g/mol. The second-order valence-electron chi connectivity index (χ2n) is 4.06. The summed E-state index contributed by atoms with van der Waals surface area (Å²) in [4.78, 5) is 10.8. The standard InChI is InChI=1S/C15H12FIO3/c16-14-9-11(3-6-13(14)15(18)19)10-1-4-12(5-2-10)20-8-7-17/h1-6,9H,7-8H2,(H,18,19). The number of ether oxygens (including phenoxy) is 1. The molecule has 0 aliphatic heterocycles. The molecule has 0 aliphatic carbocycles. The SMILES string of the molecule is O=C(O)c1ccc(-c2ccc(OCCI)cc2)cc1F. The summed E-state index contributed by atoms with van der Waals surface area (Å²) in [7, 11) is 0. The Morgan fingerprint density at radius 2 is 1.80 bits per heavy atom. The molecule has 0 aliphatic rings. The number of halogens is 2. The molecule has 0 spiro atoms. The molecule has 1 N–H and O–H groups in total. The fraction of sp³-hybridized carbons (Fsp3) is 0.133. The van der Waals surface area contributed by atoms with Gasteiger partial charge in [0.2, 0.25) is 0 Å². The van der Waals surface area contributed by atoms with Crippen molar-refractivity contribution in [2.24, 2.45) is 0 Å². The maximum atomic E-state index is 13.6. The highest BCUT2D eigenvalue weighted by Gasteiger charge is 2.11. The van der Waals surface area contributed by atoms with Gasteiger partial charge in [-0.15, -0.1) is 0 Å². The molecule has 0 heterocycles. The number of hydrogen-bond acceptors (Lipinski definition) is 2. The minimum absolute atomic E-state index is 0.323. The lowest BCUT2D eigenvalue weighted by Crippen LogP contribution is -2.00. The van der Waals surface area contributed by atoms with Crippen LogP contribution in [0.25, 0.3) is 11.1 Å². The van der Waals surface area contributed by atoms with Crippen LogP contribution in [0, 0.1) is 5.82 Å². The number of rotatable bonds is 5. The topological polar surface area (TPSA) is 46.5 Å². The average molecular weight is 386 g/mol. The third-order valence-electron chi connectivity index (χ3n) is 2.73. The van der Waals surface area contributed by atoms with Gasteiger partial charge in [-0.05, 0) is 35.4 Å². The van der Waals surface area contributed by atoms with E-state index in [0.717, 1.165) is 15.7 Å². The fourth-order valence-electron chi connectivity index (χ4n) is 1.77. The Kier molecular flexibility index (Phi) is 4.94. The summed E-state index contributed by atoms with van der Waals surface area (Å²) in [6, 6.07) is 11.3. The second kappa shape index (κ2) is 6.69. The zero-order valence-electron chi connectivity index (χ0n) is 10.5. The van der Waals surface area contributed by atoms with Gasteiger partial charge in [0.1, 0.15) is 11.6 Å². The van der Waals surface area contributed by atoms with E-state index >= 15 is 0 Å². The normalized spacial score (nSPS) is 10.3. The molecule has 0 bridgehead atoms. The van der Waals surface area contributed by atoms with Crippen LogP contribution in [-0.4, -0.2) is 22.1 Å². The first-order chi connectivity index (χ1) is 9.61. The number of carbonyl (C=O) groups is 1. The molecule has 2 rings (SSSR count). The van der Waals surface area contributed by atoms with Crippen LogP contribution >= 0.6 is 22.6 Å². The molecule has 2 aromatic rings. The smallest absolute Gasteiger partial charge is 0.338 e. The van der Waals surface area contributed by atoms with Gasteiger partial charge in [-0.25, -0.2) is 9.18 Å². The molecule has 2 aromatic carbocycles. The van der Waals surface area contributed by atoms with Crippen molar-refractivity contribution >= 4 is 28.6 Å². The zero-order valence-corrected chi connectivity index (χ0v) is 12.6. The summed E-state index contributed by atoms with van der Waals surface area (Å²) in [5.41, 5.74) is 1.12. The van der Waals surface area contributed by atoms with Gasteiger partial charge in [0, 0.05) is 4.43 Å². The third-order valence-corrected chi connectivity index (χ3v) is 3.17. The maximum Gasteiger partial charge on any atom is 0.338 e. The van der Waals surface area contributed by atoms with E-state index in [1.54, 1.807) is 6.07 Å². The van der Waals surface area contributed by atoms with E-state index < -0.39 is 11.8 Å². The van der Waals surface area contributed by atoms with E-state index in [-0.39, 0.29) is 5.56 Å². The first kappa shape index (κ1) is 14.8. The Hall–Kier alpha value is -1.63. The van der Waals surface area contributed by atoms with E-state index in [1.165, 1.54) is 12.1 Å².